The number of alkyl halides is 3. The van der Waals surface area contributed by atoms with E-state index in [-0.39, 0.29) is 31.7 Å². The van der Waals surface area contributed by atoms with Gasteiger partial charge in [-0.2, -0.15) is 13.2 Å². The van der Waals surface area contributed by atoms with Gasteiger partial charge in [0.15, 0.2) is 0 Å². The van der Waals surface area contributed by atoms with E-state index in [0.29, 0.717) is 25.0 Å². The molecule has 3 aromatic heterocycles. The topological polar surface area (TPSA) is 66.0 Å². The second kappa shape index (κ2) is 5.72. The lowest BCUT2D eigenvalue weighted by Crippen LogP contribution is -2.15. The summed E-state index contributed by atoms with van der Waals surface area (Å²) in [5, 5.41) is 9.89. The Labute approximate surface area is 144 Å². The molecule has 0 spiro atoms. The first-order valence-electron chi connectivity index (χ1n) is 8.13. The van der Waals surface area contributed by atoms with E-state index in [2.05, 4.69) is 9.97 Å². The highest BCUT2D eigenvalue weighted by molar-refractivity contribution is 7.25. The number of nitrogens with one attached hydrogen (secondary N) is 1. The van der Waals surface area contributed by atoms with Gasteiger partial charge in [0.25, 0.3) is 5.56 Å². The molecule has 3 heterocycles. The highest BCUT2D eigenvalue weighted by Crippen LogP contribution is 2.45. The number of hydrogen-bond acceptors (Lipinski definition) is 4. The predicted molar refractivity (Wildman–Crippen MR) is 90.3 cm³/mol. The minimum absolute atomic E-state index is 0.0229. The Hall–Kier alpha value is -2.09. The molecule has 3 aromatic rings. The summed E-state index contributed by atoms with van der Waals surface area (Å²) in [4.78, 5) is 18.8. The summed E-state index contributed by atoms with van der Waals surface area (Å²) in [6, 6.07) is 0.973. The third-order valence-corrected chi connectivity index (χ3v) is 5.75. The standard InChI is InChI=1S/C17H15F3N2O2S/c18-17(19,20)13-8-5-3-1-2-4-6-9(8)21-16-12(13)14-15(25-16)10(23)7-11(24)22-14/h7H,1-6H2,(H2,22,23,24). The van der Waals surface area contributed by atoms with Crippen molar-refractivity contribution in [2.24, 2.45) is 0 Å². The van der Waals surface area contributed by atoms with Crippen LogP contribution in [0.1, 0.15) is 42.5 Å². The number of H-pyrrole nitrogens is 1. The van der Waals surface area contributed by atoms with E-state index in [9.17, 15) is 23.1 Å². The third kappa shape index (κ3) is 2.68. The molecule has 0 aliphatic heterocycles. The number of aryl methyl sites for hydroxylation is 1. The molecule has 0 unspecified atom stereocenters. The molecule has 132 valence electrons. The molecule has 0 saturated heterocycles. The van der Waals surface area contributed by atoms with E-state index in [4.69, 9.17) is 0 Å². The average molecular weight is 368 g/mol. The zero-order chi connectivity index (χ0) is 17.8. The Bertz CT molecular complexity index is 1040. The fraction of sp³-hybridized carbons (Fsp3) is 0.412. The summed E-state index contributed by atoms with van der Waals surface area (Å²) in [7, 11) is 0. The van der Waals surface area contributed by atoms with E-state index in [1.165, 1.54) is 0 Å². The summed E-state index contributed by atoms with van der Waals surface area (Å²) in [5.41, 5.74) is -0.585. The van der Waals surface area contributed by atoms with Crippen molar-refractivity contribution in [2.75, 3.05) is 0 Å². The van der Waals surface area contributed by atoms with Gasteiger partial charge in [-0.25, -0.2) is 4.98 Å². The summed E-state index contributed by atoms with van der Waals surface area (Å²) < 4.78 is 42.1. The van der Waals surface area contributed by atoms with Crippen LogP contribution in [0.5, 0.6) is 5.75 Å². The second-order valence-electron chi connectivity index (χ2n) is 6.33. The number of aromatic amines is 1. The van der Waals surface area contributed by atoms with Crippen LogP contribution in [0.15, 0.2) is 10.9 Å². The van der Waals surface area contributed by atoms with Crippen LogP contribution in [-0.4, -0.2) is 15.1 Å². The van der Waals surface area contributed by atoms with Gasteiger partial charge in [0.2, 0.25) is 0 Å². The molecule has 0 atom stereocenters. The highest BCUT2D eigenvalue weighted by Gasteiger charge is 2.38. The molecule has 2 N–H and O–H groups in total. The molecule has 1 aliphatic carbocycles. The lowest BCUT2D eigenvalue weighted by molar-refractivity contribution is -0.137. The molecule has 0 amide bonds. The maximum absolute atomic E-state index is 14.0. The number of halogens is 3. The molecule has 4 nitrogen and oxygen atoms in total. The first-order valence-corrected chi connectivity index (χ1v) is 8.95. The summed E-state index contributed by atoms with van der Waals surface area (Å²) in [5.74, 6) is -0.317. The van der Waals surface area contributed by atoms with Crippen molar-refractivity contribution in [1.82, 2.24) is 9.97 Å². The minimum Gasteiger partial charge on any atom is -0.506 e. The van der Waals surface area contributed by atoms with Gasteiger partial charge in [0.1, 0.15) is 10.6 Å². The van der Waals surface area contributed by atoms with Crippen molar-refractivity contribution in [3.8, 4) is 5.75 Å². The summed E-state index contributed by atoms with van der Waals surface area (Å²) >= 11 is 0.981. The fourth-order valence-corrected chi connectivity index (χ4v) is 4.67. The molecular formula is C17H15F3N2O2S. The molecule has 8 heteroatoms. The van der Waals surface area contributed by atoms with E-state index in [1.807, 2.05) is 0 Å². The van der Waals surface area contributed by atoms with E-state index in [0.717, 1.165) is 36.7 Å². The number of rotatable bonds is 0. The normalized spacial score (nSPS) is 16.0. The first kappa shape index (κ1) is 16.4. The Morgan fingerprint density at radius 1 is 1.16 bits per heavy atom. The average Bonchev–Trinajstić information content (AvgIpc) is 2.84. The summed E-state index contributed by atoms with van der Waals surface area (Å²) in [6.07, 6.45) is -0.319. The van der Waals surface area contributed by atoms with Gasteiger partial charge >= 0.3 is 6.18 Å². The van der Waals surface area contributed by atoms with Crippen LogP contribution in [0, 0.1) is 0 Å². The Kier molecular flexibility index (Phi) is 3.75. The second-order valence-corrected chi connectivity index (χ2v) is 7.33. The molecule has 0 bridgehead atoms. The predicted octanol–water partition coefficient (Wildman–Crippen LogP) is 4.52. The van der Waals surface area contributed by atoms with Crippen LogP contribution >= 0.6 is 11.3 Å². The Balaban J connectivity index is 2.18. The van der Waals surface area contributed by atoms with Gasteiger partial charge in [0.05, 0.1) is 15.8 Å². The number of thiophene rings is 1. The summed E-state index contributed by atoms with van der Waals surface area (Å²) in [6.45, 7) is 0. The molecule has 1 aliphatic rings. The molecule has 0 aromatic carbocycles. The molecule has 0 saturated carbocycles. The maximum Gasteiger partial charge on any atom is 0.417 e. The van der Waals surface area contributed by atoms with Crippen LogP contribution < -0.4 is 5.56 Å². The van der Waals surface area contributed by atoms with E-state index in [1.54, 1.807) is 0 Å². The number of nitrogens with zero attached hydrogens (tertiary/aromatic N) is 1. The fourth-order valence-electron chi connectivity index (χ4n) is 3.60. The Morgan fingerprint density at radius 3 is 2.60 bits per heavy atom. The van der Waals surface area contributed by atoms with Gasteiger partial charge in [0, 0.05) is 17.1 Å². The van der Waals surface area contributed by atoms with Crippen molar-refractivity contribution in [3.63, 3.8) is 0 Å². The van der Waals surface area contributed by atoms with Crippen molar-refractivity contribution in [2.45, 2.75) is 44.7 Å². The zero-order valence-corrected chi connectivity index (χ0v) is 14.0. The number of pyridine rings is 2. The van der Waals surface area contributed by atoms with Gasteiger partial charge in [-0.1, -0.05) is 12.8 Å². The number of aromatic hydroxyl groups is 1. The SMILES string of the molecule is O=c1cc(O)c2sc3nc4c(c(C(F)(F)F)c3c2[nH]1)CCCCCC4. The highest BCUT2D eigenvalue weighted by atomic mass is 32.1. The molecule has 25 heavy (non-hydrogen) atoms. The van der Waals surface area contributed by atoms with Crippen molar-refractivity contribution >= 4 is 31.8 Å². The van der Waals surface area contributed by atoms with Gasteiger partial charge in [-0.05, 0) is 31.2 Å². The van der Waals surface area contributed by atoms with Crippen LogP contribution in [0.2, 0.25) is 0 Å². The third-order valence-electron chi connectivity index (χ3n) is 4.65. The van der Waals surface area contributed by atoms with Gasteiger partial charge < -0.3 is 10.1 Å². The van der Waals surface area contributed by atoms with Crippen LogP contribution in [0.3, 0.4) is 0 Å². The van der Waals surface area contributed by atoms with Gasteiger partial charge in [-0.3, -0.25) is 4.79 Å². The van der Waals surface area contributed by atoms with E-state index >= 15 is 0 Å². The smallest absolute Gasteiger partial charge is 0.417 e. The zero-order valence-electron chi connectivity index (χ0n) is 13.2. The quantitative estimate of drug-likeness (QED) is 0.613. The number of aromatic nitrogens is 2. The maximum atomic E-state index is 14.0. The first-order chi connectivity index (χ1) is 11.9. The lowest BCUT2D eigenvalue weighted by atomic mass is 9.92. The molecular weight excluding hydrogens is 353 g/mol. The van der Waals surface area contributed by atoms with Crippen LogP contribution in [0.4, 0.5) is 13.2 Å². The van der Waals surface area contributed by atoms with Gasteiger partial charge in [-0.15, -0.1) is 11.3 Å². The molecule has 4 rings (SSSR count). The molecule has 0 fully saturated rings. The van der Waals surface area contributed by atoms with Crippen LogP contribution in [0.25, 0.3) is 20.4 Å². The Morgan fingerprint density at radius 2 is 1.88 bits per heavy atom. The van der Waals surface area contributed by atoms with Crippen molar-refractivity contribution in [3.05, 3.63) is 33.2 Å². The molecule has 0 radical (unpaired) electrons. The van der Waals surface area contributed by atoms with E-state index < -0.39 is 17.3 Å². The monoisotopic (exact) mass is 368 g/mol. The minimum atomic E-state index is -4.55. The van der Waals surface area contributed by atoms with Crippen molar-refractivity contribution < 1.29 is 18.3 Å². The van der Waals surface area contributed by atoms with Crippen LogP contribution in [-0.2, 0) is 19.0 Å². The number of hydrogen-bond donors (Lipinski definition) is 2. The number of fused-ring (bicyclic) bond motifs is 4. The van der Waals surface area contributed by atoms with Crippen molar-refractivity contribution in [1.29, 1.82) is 0 Å². The largest absolute Gasteiger partial charge is 0.506 e. The lowest BCUT2D eigenvalue weighted by Gasteiger charge is -2.19.